The average molecular weight is 265 g/mol. The molecule has 1 saturated carbocycles. The van der Waals surface area contributed by atoms with Crippen molar-refractivity contribution in [1.82, 2.24) is 0 Å². The van der Waals surface area contributed by atoms with Crippen molar-refractivity contribution in [2.24, 2.45) is 5.92 Å². The summed E-state index contributed by atoms with van der Waals surface area (Å²) in [5.74, 6) is 0.279. The number of aliphatic hydroxyl groups excluding tert-OH is 1. The summed E-state index contributed by atoms with van der Waals surface area (Å²) in [7, 11) is 0. The van der Waals surface area contributed by atoms with E-state index in [0.717, 1.165) is 24.9 Å². The summed E-state index contributed by atoms with van der Waals surface area (Å²) in [6.07, 6.45) is 4.00. The van der Waals surface area contributed by atoms with E-state index in [4.69, 9.17) is 16.9 Å². The summed E-state index contributed by atoms with van der Waals surface area (Å²) in [4.78, 5) is 0. The van der Waals surface area contributed by atoms with Crippen molar-refractivity contribution < 1.29 is 5.11 Å². The van der Waals surface area contributed by atoms with Gasteiger partial charge >= 0.3 is 0 Å². The number of hydrogen-bond donors (Lipinski definition) is 2. The summed E-state index contributed by atoms with van der Waals surface area (Å²) in [6, 6.07) is 7.36. The highest BCUT2D eigenvalue weighted by atomic mass is 35.5. The van der Waals surface area contributed by atoms with E-state index in [0.29, 0.717) is 17.1 Å². The molecule has 2 atom stereocenters. The second kappa shape index (κ2) is 6.08. The van der Waals surface area contributed by atoms with Crippen LogP contribution in [0.3, 0.4) is 0 Å². The highest BCUT2D eigenvalue weighted by Crippen LogP contribution is 2.26. The van der Waals surface area contributed by atoms with Gasteiger partial charge in [0.1, 0.15) is 6.07 Å². The molecule has 0 amide bonds. The number of halogens is 1. The van der Waals surface area contributed by atoms with Gasteiger partial charge in [0.05, 0.1) is 17.4 Å². The van der Waals surface area contributed by atoms with E-state index in [2.05, 4.69) is 11.4 Å². The molecule has 0 heterocycles. The molecule has 0 aliphatic heterocycles. The van der Waals surface area contributed by atoms with E-state index in [1.807, 2.05) is 6.07 Å². The van der Waals surface area contributed by atoms with Crippen LogP contribution in [-0.4, -0.2) is 17.8 Å². The van der Waals surface area contributed by atoms with Crippen LogP contribution in [-0.2, 0) is 0 Å². The molecule has 2 rings (SSSR count). The molecule has 2 unspecified atom stereocenters. The molecule has 4 heteroatoms. The van der Waals surface area contributed by atoms with Gasteiger partial charge < -0.3 is 10.4 Å². The summed E-state index contributed by atoms with van der Waals surface area (Å²) >= 11 is 5.85. The largest absolute Gasteiger partial charge is 0.393 e. The van der Waals surface area contributed by atoms with Gasteiger partial charge in [0.25, 0.3) is 0 Å². The third-order valence-electron chi connectivity index (χ3n) is 3.53. The lowest BCUT2D eigenvalue weighted by molar-refractivity contribution is 0.0763. The van der Waals surface area contributed by atoms with Crippen LogP contribution in [0.1, 0.15) is 31.2 Å². The minimum Gasteiger partial charge on any atom is -0.393 e. The standard InChI is InChI=1S/C14H17ClN2O/c15-12-5-6-13(11(7-12)8-16)17-9-10-3-1-2-4-14(10)18/h5-7,10,14,17-18H,1-4,9H2. The fourth-order valence-corrected chi connectivity index (χ4v) is 2.60. The predicted molar refractivity (Wildman–Crippen MR) is 72.6 cm³/mol. The zero-order valence-corrected chi connectivity index (χ0v) is 11.0. The topological polar surface area (TPSA) is 56.0 Å². The Balaban J connectivity index is 1.99. The smallest absolute Gasteiger partial charge is 0.101 e. The molecule has 3 nitrogen and oxygen atoms in total. The van der Waals surface area contributed by atoms with E-state index in [-0.39, 0.29) is 12.0 Å². The number of nitrogens with one attached hydrogen (secondary N) is 1. The summed E-state index contributed by atoms with van der Waals surface area (Å²) in [6.45, 7) is 0.706. The first-order chi connectivity index (χ1) is 8.70. The molecular formula is C14H17ClN2O. The predicted octanol–water partition coefficient (Wildman–Crippen LogP) is 3.17. The van der Waals surface area contributed by atoms with Gasteiger partial charge in [-0.2, -0.15) is 5.26 Å². The fraction of sp³-hybridized carbons (Fsp3) is 0.500. The lowest BCUT2D eigenvalue weighted by Gasteiger charge is -2.28. The zero-order valence-electron chi connectivity index (χ0n) is 10.2. The van der Waals surface area contributed by atoms with Crippen LogP contribution in [0, 0.1) is 17.2 Å². The fourth-order valence-electron chi connectivity index (χ4n) is 2.43. The highest BCUT2D eigenvalue weighted by molar-refractivity contribution is 6.30. The molecule has 96 valence electrons. The Labute approximate surface area is 112 Å². The molecule has 1 aliphatic rings. The first kappa shape index (κ1) is 13.2. The summed E-state index contributed by atoms with van der Waals surface area (Å²) in [5, 5.41) is 22.7. The Hall–Kier alpha value is -1.24. The van der Waals surface area contributed by atoms with Crippen LogP contribution in [0.15, 0.2) is 18.2 Å². The van der Waals surface area contributed by atoms with Gasteiger partial charge in [0, 0.05) is 17.5 Å². The van der Waals surface area contributed by atoms with Crippen molar-refractivity contribution in [3.8, 4) is 6.07 Å². The van der Waals surface area contributed by atoms with Gasteiger partial charge in [-0.05, 0) is 31.0 Å². The Morgan fingerprint density at radius 1 is 1.39 bits per heavy atom. The molecule has 18 heavy (non-hydrogen) atoms. The van der Waals surface area contributed by atoms with Crippen LogP contribution in [0.5, 0.6) is 0 Å². The lowest BCUT2D eigenvalue weighted by Crippen LogP contribution is -2.30. The molecule has 1 fully saturated rings. The Kier molecular flexibility index (Phi) is 4.46. The van der Waals surface area contributed by atoms with E-state index in [9.17, 15) is 5.11 Å². The van der Waals surface area contributed by atoms with Crippen LogP contribution in [0.2, 0.25) is 5.02 Å². The van der Waals surface area contributed by atoms with Gasteiger partial charge in [-0.3, -0.25) is 0 Å². The molecule has 0 bridgehead atoms. The third-order valence-corrected chi connectivity index (χ3v) is 3.76. The monoisotopic (exact) mass is 264 g/mol. The molecule has 0 radical (unpaired) electrons. The van der Waals surface area contributed by atoms with Gasteiger partial charge in [-0.15, -0.1) is 0 Å². The minimum atomic E-state index is -0.218. The maximum atomic E-state index is 9.89. The van der Waals surface area contributed by atoms with E-state index >= 15 is 0 Å². The third kappa shape index (κ3) is 3.16. The van der Waals surface area contributed by atoms with Crippen molar-refractivity contribution >= 4 is 17.3 Å². The van der Waals surface area contributed by atoms with Crippen LogP contribution >= 0.6 is 11.6 Å². The number of rotatable bonds is 3. The number of hydrogen-bond acceptors (Lipinski definition) is 3. The molecular weight excluding hydrogens is 248 g/mol. The van der Waals surface area contributed by atoms with Gasteiger partial charge in [0.15, 0.2) is 0 Å². The van der Waals surface area contributed by atoms with E-state index < -0.39 is 0 Å². The quantitative estimate of drug-likeness (QED) is 0.882. The van der Waals surface area contributed by atoms with Gasteiger partial charge in [-0.25, -0.2) is 0 Å². The normalized spacial score (nSPS) is 23.4. The molecule has 1 aromatic carbocycles. The van der Waals surface area contributed by atoms with Gasteiger partial charge in [-0.1, -0.05) is 24.4 Å². The van der Waals surface area contributed by atoms with Crippen molar-refractivity contribution in [1.29, 1.82) is 5.26 Å². The Bertz CT molecular complexity index is 456. The molecule has 1 aliphatic carbocycles. The Morgan fingerprint density at radius 3 is 2.89 bits per heavy atom. The highest BCUT2D eigenvalue weighted by Gasteiger charge is 2.22. The van der Waals surface area contributed by atoms with Gasteiger partial charge in [0.2, 0.25) is 0 Å². The average Bonchev–Trinajstić information content (AvgIpc) is 2.39. The number of nitrogens with zero attached hydrogens (tertiary/aromatic N) is 1. The number of aliphatic hydroxyl groups is 1. The maximum absolute atomic E-state index is 9.89. The zero-order chi connectivity index (χ0) is 13.0. The maximum Gasteiger partial charge on any atom is 0.101 e. The molecule has 1 aromatic rings. The number of anilines is 1. The van der Waals surface area contributed by atoms with E-state index in [1.165, 1.54) is 6.42 Å². The molecule has 0 spiro atoms. The number of benzene rings is 1. The second-order valence-corrected chi connectivity index (χ2v) is 5.23. The summed E-state index contributed by atoms with van der Waals surface area (Å²) in [5.41, 5.74) is 1.34. The van der Waals surface area contributed by atoms with Crippen LogP contribution < -0.4 is 5.32 Å². The van der Waals surface area contributed by atoms with Crippen molar-refractivity contribution in [3.05, 3.63) is 28.8 Å². The minimum absolute atomic E-state index is 0.218. The van der Waals surface area contributed by atoms with Crippen molar-refractivity contribution in [3.63, 3.8) is 0 Å². The van der Waals surface area contributed by atoms with E-state index in [1.54, 1.807) is 12.1 Å². The molecule has 0 aromatic heterocycles. The second-order valence-electron chi connectivity index (χ2n) is 4.79. The molecule has 0 saturated heterocycles. The van der Waals surface area contributed by atoms with Crippen molar-refractivity contribution in [2.45, 2.75) is 31.8 Å². The SMILES string of the molecule is N#Cc1cc(Cl)ccc1NCC1CCCCC1O. The Morgan fingerprint density at radius 2 is 2.17 bits per heavy atom. The van der Waals surface area contributed by atoms with Crippen LogP contribution in [0.25, 0.3) is 0 Å². The first-order valence-corrected chi connectivity index (χ1v) is 6.70. The van der Waals surface area contributed by atoms with Crippen molar-refractivity contribution in [2.75, 3.05) is 11.9 Å². The summed E-state index contributed by atoms with van der Waals surface area (Å²) < 4.78 is 0. The first-order valence-electron chi connectivity index (χ1n) is 6.32. The van der Waals surface area contributed by atoms with Crippen LogP contribution in [0.4, 0.5) is 5.69 Å². The lowest BCUT2D eigenvalue weighted by atomic mass is 9.86. The molecule has 2 N–H and O–H groups in total. The number of nitriles is 1.